The van der Waals surface area contributed by atoms with Crippen molar-refractivity contribution in [2.75, 3.05) is 0 Å². The van der Waals surface area contributed by atoms with Crippen LogP contribution in [0.1, 0.15) is 46.9 Å². The average Bonchev–Trinajstić information content (AvgIpc) is 2.92. The van der Waals surface area contributed by atoms with Crippen LogP contribution in [0.25, 0.3) is 0 Å². The van der Waals surface area contributed by atoms with Crippen molar-refractivity contribution in [3.05, 3.63) is 23.3 Å². The molecule has 4 aliphatic rings. The van der Waals surface area contributed by atoms with E-state index in [0.717, 1.165) is 6.42 Å². The van der Waals surface area contributed by atoms with Crippen LogP contribution in [0.3, 0.4) is 0 Å². The smallest absolute Gasteiger partial charge is 0.174 e. The Balaban J connectivity index is 1.76. The maximum Gasteiger partial charge on any atom is 0.174 e. The molecule has 2 heterocycles. The average molecular weight is 328 g/mol. The number of carbonyl (C=O) groups is 3. The Bertz CT molecular complexity index is 851. The minimum Gasteiger partial charge on any atom is -0.507 e. The van der Waals surface area contributed by atoms with E-state index in [0.29, 0.717) is 12.8 Å². The molecule has 1 spiro atoms. The Hall–Kier alpha value is -2.21. The normalized spacial score (nSPS) is 38.2. The molecular formula is C18H16O6. The summed E-state index contributed by atoms with van der Waals surface area (Å²) < 4.78 is 5.97. The zero-order chi connectivity index (χ0) is 17.0. The predicted molar refractivity (Wildman–Crippen MR) is 80.0 cm³/mol. The highest BCUT2D eigenvalue weighted by Gasteiger charge is 2.78. The van der Waals surface area contributed by atoms with Gasteiger partial charge in [0.15, 0.2) is 17.3 Å². The monoisotopic (exact) mass is 328 g/mol. The summed E-state index contributed by atoms with van der Waals surface area (Å²) in [5.41, 5.74) is -2.02. The van der Waals surface area contributed by atoms with E-state index in [1.807, 2.05) is 0 Å². The summed E-state index contributed by atoms with van der Waals surface area (Å²) in [6.45, 7) is 1.75. The summed E-state index contributed by atoms with van der Waals surface area (Å²) in [5, 5.41) is 20.1. The first kappa shape index (κ1) is 14.2. The van der Waals surface area contributed by atoms with Crippen LogP contribution in [-0.2, 0) is 9.53 Å². The van der Waals surface area contributed by atoms with E-state index in [9.17, 15) is 24.6 Å². The van der Waals surface area contributed by atoms with Gasteiger partial charge in [0.05, 0.1) is 34.0 Å². The number of ether oxygens (including phenoxy) is 1. The third kappa shape index (κ3) is 1.18. The van der Waals surface area contributed by atoms with Crippen molar-refractivity contribution in [1.29, 1.82) is 0 Å². The highest BCUT2D eigenvalue weighted by Crippen LogP contribution is 2.68. The van der Waals surface area contributed by atoms with Gasteiger partial charge in [-0.15, -0.1) is 0 Å². The van der Waals surface area contributed by atoms with Crippen LogP contribution in [0, 0.1) is 17.3 Å². The third-order valence-electron chi connectivity index (χ3n) is 6.78. The van der Waals surface area contributed by atoms with E-state index in [1.165, 1.54) is 12.1 Å². The second-order valence-corrected chi connectivity index (χ2v) is 7.53. The molecule has 2 N–H and O–H groups in total. The minimum atomic E-state index is -1.01. The molecule has 4 atom stereocenters. The highest BCUT2D eigenvalue weighted by atomic mass is 16.5. The number of aromatic hydroxyl groups is 2. The van der Waals surface area contributed by atoms with E-state index in [4.69, 9.17) is 4.74 Å². The first-order valence-corrected chi connectivity index (χ1v) is 8.19. The lowest BCUT2D eigenvalue weighted by molar-refractivity contribution is -0.141. The van der Waals surface area contributed by atoms with Crippen molar-refractivity contribution in [3.8, 4) is 11.5 Å². The second kappa shape index (κ2) is 3.88. The summed E-state index contributed by atoms with van der Waals surface area (Å²) >= 11 is 0. The van der Waals surface area contributed by atoms with Gasteiger partial charge < -0.3 is 14.9 Å². The van der Waals surface area contributed by atoms with Gasteiger partial charge in [-0.05, 0) is 31.9 Å². The number of phenolic OH excluding ortho intramolecular Hbond substituents is 2. The molecule has 1 aromatic rings. The van der Waals surface area contributed by atoms with Crippen LogP contribution >= 0.6 is 0 Å². The molecule has 2 bridgehead atoms. The topological polar surface area (TPSA) is 101 Å². The second-order valence-electron chi connectivity index (χ2n) is 7.53. The fraction of sp³-hybridized carbons (Fsp3) is 0.500. The van der Waals surface area contributed by atoms with Gasteiger partial charge in [0, 0.05) is 0 Å². The van der Waals surface area contributed by atoms with E-state index >= 15 is 0 Å². The lowest BCUT2D eigenvalue weighted by atomic mass is 9.47. The van der Waals surface area contributed by atoms with E-state index in [1.54, 1.807) is 6.92 Å². The summed E-state index contributed by atoms with van der Waals surface area (Å²) in [6, 6.07) is 2.39. The van der Waals surface area contributed by atoms with Gasteiger partial charge in [-0.2, -0.15) is 0 Å². The van der Waals surface area contributed by atoms with Gasteiger partial charge in [-0.25, -0.2) is 0 Å². The number of carbonyl (C=O) groups excluding carboxylic acids is 3. The molecule has 5 rings (SSSR count). The zero-order valence-corrected chi connectivity index (χ0v) is 13.0. The van der Waals surface area contributed by atoms with Gasteiger partial charge in [-0.3, -0.25) is 14.4 Å². The van der Waals surface area contributed by atoms with Crippen LogP contribution in [-0.4, -0.2) is 39.3 Å². The highest BCUT2D eigenvalue weighted by molar-refractivity contribution is 6.22. The summed E-state index contributed by atoms with van der Waals surface area (Å²) in [7, 11) is 0. The number of phenols is 2. The summed E-state index contributed by atoms with van der Waals surface area (Å²) in [4.78, 5) is 38.9. The Kier molecular flexibility index (Phi) is 2.29. The Labute approximate surface area is 137 Å². The standard InChI is InChI=1S/C18H16O6/c1-17-12-11(15(24-17)16(23)18(17)5-2-6-18)13(21)9-7(19)3-4-8(20)10(9)14(12)22/h3-4,11-12,15,19-20H,2,5-6H2,1H3. The van der Waals surface area contributed by atoms with Crippen LogP contribution < -0.4 is 0 Å². The molecule has 1 aromatic carbocycles. The van der Waals surface area contributed by atoms with Crippen molar-refractivity contribution >= 4 is 17.3 Å². The number of benzene rings is 1. The Morgan fingerprint density at radius 2 is 1.62 bits per heavy atom. The molecular weight excluding hydrogens is 312 g/mol. The lowest BCUT2D eigenvalue weighted by Crippen LogP contribution is -2.63. The maximum atomic E-state index is 13.1. The van der Waals surface area contributed by atoms with Crippen LogP contribution in [0.2, 0.25) is 0 Å². The molecule has 0 amide bonds. The van der Waals surface area contributed by atoms with Crippen molar-refractivity contribution in [2.24, 2.45) is 17.3 Å². The van der Waals surface area contributed by atoms with Crippen LogP contribution in [0.15, 0.2) is 12.1 Å². The number of rotatable bonds is 0. The molecule has 2 saturated heterocycles. The largest absolute Gasteiger partial charge is 0.507 e. The predicted octanol–water partition coefficient (Wildman–Crippen LogP) is 1.62. The van der Waals surface area contributed by atoms with Gasteiger partial charge >= 0.3 is 0 Å². The van der Waals surface area contributed by atoms with Crippen molar-refractivity contribution in [2.45, 2.75) is 37.9 Å². The van der Waals surface area contributed by atoms with Gasteiger partial charge in [0.2, 0.25) is 0 Å². The molecule has 1 saturated carbocycles. The summed E-state index contributed by atoms with van der Waals surface area (Å²) in [6.07, 6.45) is 1.32. The first-order valence-electron chi connectivity index (χ1n) is 8.19. The fourth-order valence-electron chi connectivity index (χ4n) is 5.45. The van der Waals surface area contributed by atoms with E-state index < -0.39 is 40.5 Å². The molecule has 24 heavy (non-hydrogen) atoms. The van der Waals surface area contributed by atoms with Crippen LogP contribution in [0.4, 0.5) is 0 Å². The molecule has 4 unspecified atom stereocenters. The maximum absolute atomic E-state index is 13.1. The SMILES string of the molecule is CC12OC(C(=O)C13CCC3)C1C(=O)c3c(O)ccc(O)c3C(=O)C12. The molecule has 0 aromatic heterocycles. The number of Topliss-reactive ketones (excluding diaryl/α,β-unsaturated/α-hetero) is 3. The molecule has 6 nitrogen and oxygen atoms in total. The summed E-state index contributed by atoms with van der Waals surface area (Å²) in [5.74, 6) is -3.33. The molecule has 124 valence electrons. The molecule has 2 aliphatic heterocycles. The Morgan fingerprint density at radius 3 is 2.17 bits per heavy atom. The Morgan fingerprint density at radius 1 is 1.04 bits per heavy atom. The zero-order valence-electron chi connectivity index (χ0n) is 13.0. The number of hydrogen-bond acceptors (Lipinski definition) is 6. The van der Waals surface area contributed by atoms with Crippen molar-refractivity contribution < 1.29 is 29.3 Å². The number of ketones is 3. The fourth-order valence-corrected chi connectivity index (χ4v) is 5.45. The van der Waals surface area contributed by atoms with Gasteiger partial charge in [-0.1, -0.05) is 6.42 Å². The molecule has 0 radical (unpaired) electrons. The van der Waals surface area contributed by atoms with Crippen LogP contribution in [0.5, 0.6) is 11.5 Å². The first-order chi connectivity index (χ1) is 11.3. The molecule has 3 fully saturated rings. The molecule has 2 aliphatic carbocycles. The number of fused-ring (bicyclic) bond motifs is 7. The lowest BCUT2D eigenvalue weighted by Gasteiger charge is -2.52. The van der Waals surface area contributed by atoms with E-state index in [2.05, 4.69) is 0 Å². The number of hydrogen-bond donors (Lipinski definition) is 2. The van der Waals surface area contributed by atoms with Gasteiger partial charge in [0.25, 0.3) is 0 Å². The quantitative estimate of drug-likeness (QED) is 0.702. The van der Waals surface area contributed by atoms with Gasteiger partial charge in [0.1, 0.15) is 17.6 Å². The third-order valence-corrected chi connectivity index (χ3v) is 6.78. The van der Waals surface area contributed by atoms with Crippen molar-refractivity contribution in [1.82, 2.24) is 0 Å². The molecule has 6 heteroatoms. The van der Waals surface area contributed by atoms with E-state index in [-0.39, 0.29) is 28.4 Å². The van der Waals surface area contributed by atoms with Crippen molar-refractivity contribution in [3.63, 3.8) is 0 Å². The minimum absolute atomic E-state index is 0.0817.